The maximum atomic E-state index is 11.7. The standard InChI is InChI=1S/C11H15NO2/c1-4-14-11-9(6-5-7-12-11)10(13)8(2)3/h5-8H,4H2,1-3H3. The summed E-state index contributed by atoms with van der Waals surface area (Å²) in [7, 11) is 0. The van der Waals surface area contributed by atoms with Crippen LogP contribution < -0.4 is 4.74 Å². The number of carbonyl (C=O) groups is 1. The Morgan fingerprint density at radius 1 is 1.57 bits per heavy atom. The highest BCUT2D eigenvalue weighted by Crippen LogP contribution is 2.18. The van der Waals surface area contributed by atoms with Crippen LogP contribution in [-0.2, 0) is 0 Å². The Kier molecular flexibility index (Phi) is 3.63. The van der Waals surface area contributed by atoms with Gasteiger partial charge in [-0.2, -0.15) is 0 Å². The van der Waals surface area contributed by atoms with Crippen LogP contribution in [0.5, 0.6) is 5.88 Å². The Bertz CT molecular complexity index is 321. The van der Waals surface area contributed by atoms with Gasteiger partial charge < -0.3 is 4.74 Å². The molecule has 0 bridgehead atoms. The molecule has 0 amide bonds. The van der Waals surface area contributed by atoms with E-state index in [1.54, 1.807) is 18.3 Å². The predicted octanol–water partition coefficient (Wildman–Crippen LogP) is 2.32. The summed E-state index contributed by atoms with van der Waals surface area (Å²) in [6.45, 7) is 6.13. The van der Waals surface area contributed by atoms with Gasteiger partial charge in [-0.15, -0.1) is 0 Å². The van der Waals surface area contributed by atoms with Crippen LogP contribution in [-0.4, -0.2) is 17.4 Å². The molecule has 3 nitrogen and oxygen atoms in total. The van der Waals surface area contributed by atoms with E-state index < -0.39 is 0 Å². The molecule has 76 valence electrons. The summed E-state index contributed by atoms with van der Waals surface area (Å²) in [5, 5.41) is 0. The molecule has 0 aromatic carbocycles. The van der Waals surface area contributed by atoms with Gasteiger partial charge in [-0.3, -0.25) is 4.79 Å². The largest absolute Gasteiger partial charge is 0.477 e. The summed E-state index contributed by atoms with van der Waals surface area (Å²) in [5.41, 5.74) is 0.573. The molecule has 0 aliphatic heterocycles. The average molecular weight is 193 g/mol. The number of pyridine rings is 1. The van der Waals surface area contributed by atoms with E-state index >= 15 is 0 Å². The molecule has 0 saturated heterocycles. The molecule has 0 radical (unpaired) electrons. The SMILES string of the molecule is CCOc1ncccc1C(=O)C(C)C. The first kappa shape index (κ1) is 10.7. The summed E-state index contributed by atoms with van der Waals surface area (Å²) < 4.78 is 5.28. The average Bonchev–Trinajstić information content (AvgIpc) is 2.18. The molecule has 0 fully saturated rings. The molecule has 14 heavy (non-hydrogen) atoms. The number of hydrogen-bond donors (Lipinski definition) is 0. The molecule has 0 aliphatic rings. The van der Waals surface area contributed by atoms with Crippen molar-refractivity contribution in [3.05, 3.63) is 23.9 Å². The quantitative estimate of drug-likeness (QED) is 0.689. The van der Waals surface area contributed by atoms with E-state index in [-0.39, 0.29) is 11.7 Å². The second-order valence-corrected chi connectivity index (χ2v) is 3.31. The van der Waals surface area contributed by atoms with E-state index in [0.29, 0.717) is 18.1 Å². The van der Waals surface area contributed by atoms with Crippen molar-refractivity contribution >= 4 is 5.78 Å². The fourth-order valence-electron chi connectivity index (χ4n) is 1.14. The first-order valence-corrected chi connectivity index (χ1v) is 4.78. The van der Waals surface area contributed by atoms with Gasteiger partial charge in [-0.1, -0.05) is 13.8 Å². The van der Waals surface area contributed by atoms with Crippen molar-refractivity contribution in [3.63, 3.8) is 0 Å². The van der Waals surface area contributed by atoms with Crippen molar-refractivity contribution < 1.29 is 9.53 Å². The molecule has 1 aromatic heterocycles. The van der Waals surface area contributed by atoms with Gasteiger partial charge in [0.15, 0.2) is 5.78 Å². The second kappa shape index (κ2) is 4.74. The van der Waals surface area contributed by atoms with Gasteiger partial charge in [-0.25, -0.2) is 4.98 Å². The number of rotatable bonds is 4. The molecule has 0 spiro atoms. The third kappa shape index (κ3) is 2.31. The molecule has 0 saturated carbocycles. The maximum absolute atomic E-state index is 11.7. The molecule has 3 heteroatoms. The summed E-state index contributed by atoms with van der Waals surface area (Å²) in [6.07, 6.45) is 1.63. The van der Waals surface area contributed by atoms with Gasteiger partial charge in [-0.05, 0) is 19.1 Å². The lowest BCUT2D eigenvalue weighted by molar-refractivity contribution is 0.0934. The van der Waals surface area contributed by atoms with E-state index in [2.05, 4.69) is 4.98 Å². The van der Waals surface area contributed by atoms with Crippen LogP contribution in [0.1, 0.15) is 31.1 Å². The van der Waals surface area contributed by atoms with Crippen molar-refractivity contribution in [3.8, 4) is 5.88 Å². The first-order chi connectivity index (χ1) is 6.66. The lowest BCUT2D eigenvalue weighted by Gasteiger charge is -2.09. The molecule has 1 aromatic rings. The highest BCUT2D eigenvalue weighted by molar-refractivity contribution is 5.99. The Morgan fingerprint density at radius 2 is 2.29 bits per heavy atom. The summed E-state index contributed by atoms with van der Waals surface area (Å²) >= 11 is 0. The lowest BCUT2D eigenvalue weighted by atomic mass is 10.0. The minimum Gasteiger partial charge on any atom is -0.477 e. The van der Waals surface area contributed by atoms with Crippen LogP contribution in [0.3, 0.4) is 0 Å². The molecule has 0 aliphatic carbocycles. The van der Waals surface area contributed by atoms with Gasteiger partial charge in [0.05, 0.1) is 12.2 Å². The van der Waals surface area contributed by atoms with Gasteiger partial charge >= 0.3 is 0 Å². The smallest absolute Gasteiger partial charge is 0.224 e. The molecular formula is C11H15NO2. The van der Waals surface area contributed by atoms with Crippen molar-refractivity contribution in [2.45, 2.75) is 20.8 Å². The van der Waals surface area contributed by atoms with E-state index in [4.69, 9.17) is 4.74 Å². The zero-order chi connectivity index (χ0) is 10.6. The number of aromatic nitrogens is 1. The van der Waals surface area contributed by atoms with Gasteiger partial charge in [0, 0.05) is 12.1 Å². The maximum Gasteiger partial charge on any atom is 0.224 e. The first-order valence-electron chi connectivity index (χ1n) is 4.78. The van der Waals surface area contributed by atoms with Crippen molar-refractivity contribution in [2.75, 3.05) is 6.61 Å². The Hall–Kier alpha value is -1.38. The molecule has 0 N–H and O–H groups in total. The van der Waals surface area contributed by atoms with Crippen LogP contribution in [0.4, 0.5) is 0 Å². The number of carbonyl (C=O) groups excluding carboxylic acids is 1. The normalized spacial score (nSPS) is 10.3. The highest BCUT2D eigenvalue weighted by atomic mass is 16.5. The van der Waals surface area contributed by atoms with Gasteiger partial charge in [0.25, 0.3) is 0 Å². The van der Waals surface area contributed by atoms with E-state index in [1.165, 1.54) is 0 Å². The summed E-state index contributed by atoms with van der Waals surface area (Å²) in [6, 6.07) is 3.50. The van der Waals surface area contributed by atoms with Crippen LogP contribution in [0, 0.1) is 5.92 Å². The van der Waals surface area contributed by atoms with Gasteiger partial charge in [0.1, 0.15) is 0 Å². The van der Waals surface area contributed by atoms with Crippen LogP contribution in [0.25, 0.3) is 0 Å². The lowest BCUT2D eigenvalue weighted by Crippen LogP contribution is -2.10. The highest BCUT2D eigenvalue weighted by Gasteiger charge is 2.15. The second-order valence-electron chi connectivity index (χ2n) is 3.31. The number of ether oxygens (including phenoxy) is 1. The number of ketones is 1. The number of nitrogens with zero attached hydrogens (tertiary/aromatic N) is 1. The number of hydrogen-bond acceptors (Lipinski definition) is 3. The minimum absolute atomic E-state index is 0.0293. The van der Waals surface area contributed by atoms with Crippen molar-refractivity contribution in [1.82, 2.24) is 4.98 Å². The fraction of sp³-hybridized carbons (Fsp3) is 0.455. The molecule has 1 heterocycles. The third-order valence-corrected chi connectivity index (χ3v) is 1.84. The van der Waals surface area contributed by atoms with E-state index in [1.807, 2.05) is 20.8 Å². The van der Waals surface area contributed by atoms with E-state index in [0.717, 1.165) is 0 Å². The van der Waals surface area contributed by atoms with Gasteiger partial charge in [0.2, 0.25) is 5.88 Å². The predicted molar refractivity (Wildman–Crippen MR) is 54.6 cm³/mol. The van der Waals surface area contributed by atoms with E-state index in [9.17, 15) is 4.79 Å². The van der Waals surface area contributed by atoms with Crippen LogP contribution in [0.2, 0.25) is 0 Å². The molecule has 0 atom stereocenters. The Morgan fingerprint density at radius 3 is 2.86 bits per heavy atom. The zero-order valence-electron chi connectivity index (χ0n) is 8.78. The van der Waals surface area contributed by atoms with Crippen molar-refractivity contribution in [1.29, 1.82) is 0 Å². The molecule has 0 unspecified atom stereocenters. The summed E-state index contributed by atoms with van der Waals surface area (Å²) in [5.74, 6) is 0.480. The third-order valence-electron chi connectivity index (χ3n) is 1.84. The Balaban J connectivity index is 3.00. The van der Waals surface area contributed by atoms with Crippen LogP contribution in [0.15, 0.2) is 18.3 Å². The topological polar surface area (TPSA) is 39.2 Å². The molecular weight excluding hydrogens is 178 g/mol. The Labute approximate surface area is 84.1 Å². The minimum atomic E-state index is -0.0293. The van der Waals surface area contributed by atoms with Crippen LogP contribution >= 0.6 is 0 Å². The summed E-state index contributed by atoms with van der Waals surface area (Å²) in [4.78, 5) is 15.7. The zero-order valence-corrected chi connectivity index (χ0v) is 8.78. The monoisotopic (exact) mass is 193 g/mol. The fourth-order valence-corrected chi connectivity index (χ4v) is 1.14. The van der Waals surface area contributed by atoms with Crippen molar-refractivity contribution in [2.24, 2.45) is 5.92 Å². The number of Topliss-reactive ketones (excluding diaryl/α,β-unsaturated/α-hetero) is 1. The molecule has 1 rings (SSSR count).